The zero-order valence-corrected chi connectivity index (χ0v) is 9.25. The number of carboxylic acids is 1. The number of carboxylic acid groups (broad SMARTS) is 1. The first kappa shape index (κ1) is 13.8. The van der Waals surface area contributed by atoms with Crippen LogP contribution in [0.5, 0.6) is 0 Å². The van der Waals surface area contributed by atoms with E-state index >= 15 is 0 Å². The van der Waals surface area contributed by atoms with Crippen molar-refractivity contribution in [1.29, 1.82) is 5.26 Å². The number of nitriles is 1. The molecule has 0 unspecified atom stereocenters. The molecule has 0 bridgehead atoms. The maximum atomic E-state index is 12.6. The summed E-state index contributed by atoms with van der Waals surface area (Å²) in [7, 11) is 0. The lowest BCUT2D eigenvalue weighted by Crippen LogP contribution is -2.25. The molecule has 7 heteroatoms. The minimum Gasteiger partial charge on any atom is -0.480 e. The van der Waals surface area contributed by atoms with Crippen LogP contribution >= 0.6 is 0 Å². The maximum Gasteiger partial charge on any atom is 0.417 e. The highest BCUT2D eigenvalue weighted by atomic mass is 19.4. The molecule has 0 spiro atoms. The topological polar surface area (TPSA) is 73.1 Å². The lowest BCUT2D eigenvalue weighted by atomic mass is 10.1. The second kappa shape index (κ2) is 4.96. The van der Waals surface area contributed by atoms with Crippen molar-refractivity contribution >= 4 is 11.7 Å². The molecule has 0 amide bonds. The van der Waals surface area contributed by atoms with Gasteiger partial charge in [-0.1, -0.05) is 0 Å². The van der Waals surface area contributed by atoms with Crippen LogP contribution in [0.2, 0.25) is 0 Å². The van der Waals surface area contributed by atoms with Gasteiger partial charge in [0.2, 0.25) is 0 Å². The van der Waals surface area contributed by atoms with Gasteiger partial charge >= 0.3 is 12.1 Å². The molecule has 1 aromatic carbocycles. The summed E-state index contributed by atoms with van der Waals surface area (Å²) in [4.78, 5) is 10.6. The van der Waals surface area contributed by atoms with Crippen LogP contribution in [0, 0.1) is 11.3 Å². The number of hydrogen-bond acceptors (Lipinski definition) is 3. The van der Waals surface area contributed by atoms with Crippen LogP contribution in [0.4, 0.5) is 18.9 Å². The van der Waals surface area contributed by atoms with Gasteiger partial charge in [-0.15, -0.1) is 0 Å². The molecule has 0 aliphatic rings. The number of alkyl halides is 3. The third-order valence-corrected chi connectivity index (χ3v) is 2.20. The molecule has 0 saturated carbocycles. The van der Waals surface area contributed by atoms with Crippen molar-refractivity contribution in [2.75, 3.05) is 5.32 Å². The fourth-order valence-electron chi connectivity index (χ4n) is 1.28. The number of anilines is 1. The van der Waals surface area contributed by atoms with Crippen molar-refractivity contribution in [2.45, 2.75) is 19.1 Å². The van der Waals surface area contributed by atoms with Gasteiger partial charge in [0.05, 0.1) is 17.2 Å². The summed E-state index contributed by atoms with van der Waals surface area (Å²) in [5.74, 6) is -1.19. The SMILES string of the molecule is C[C@@H](Nc1ccc(C#N)c(C(F)(F)F)c1)C(=O)O. The van der Waals surface area contributed by atoms with E-state index in [4.69, 9.17) is 10.4 Å². The van der Waals surface area contributed by atoms with E-state index in [9.17, 15) is 18.0 Å². The lowest BCUT2D eigenvalue weighted by Gasteiger charge is -2.14. The third kappa shape index (κ3) is 3.13. The van der Waals surface area contributed by atoms with Crippen molar-refractivity contribution in [3.8, 4) is 6.07 Å². The molecule has 0 fully saturated rings. The number of nitrogens with one attached hydrogen (secondary N) is 1. The van der Waals surface area contributed by atoms with Crippen LogP contribution in [0.25, 0.3) is 0 Å². The summed E-state index contributed by atoms with van der Waals surface area (Å²) < 4.78 is 37.8. The zero-order chi connectivity index (χ0) is 13.9. The van der Waals surface area contributed by atoms with Gasteiger partial charge in [-0.25, -0.2) is 0 Å². The summed E-state index contributed by atoms with van der Waals surface area (Å²) >= 11 is 0. The Morgan fingerprint density at radius 3 is 2.56 bits per heavy atom. The Balaban J connectivity index is 3.12. The first-order valence-corrected chi connectivity index (χ1v) is 4.86. The van der Waals surface area contributed by atoms with Gasteiger partial charge in [-0.2, -0.15) is 18.4 Å². The highest BCUT2D eigenvalue weighted by Gasteiger charge is 2.34. The highest BCUT2D eigenvalue weighted by Crippen LogP contribution is 2.33. The van der Waals surface area contributed by atoms with Gasteiger partial charge in [-0.3, -0.25) is 4.79 Å². The zero-order valence-electron chi connectivity index (χ0n) is 9.25. The largest absolute Gasteiger partial charge is 0.480 e. The van der Waals surface area contributed by atoms with Gasteiger partial charge < -0.3 is 10.4 Å². The summed E-state index contributed by atoms with van der Waals surface area (Å²) in [6, 6.07) is 3.36. The molecule has 1 atom stereocenters. The Hall–Kier alpha value is -2.23. The number of benzene rings is 1. The lowest BCUT2D eigenvalue weighted by molar-refractivity contribution is -0.138. The molecule has 4 nitrogen and oxygen atoms in total. The van der Waals surface area contributed by atoms with E-state index in [0.717, 1.165) is 12.1 Å². The second-order valence-electron chi connectivity index (χ2n) is 3.57. The van der Waals surface area contributed by atoms with Gasteiger partial charge in [0.25, 0.3) is 0 Å². The van der Waals surface area contributed by atoms with E-state index in [1.54, 1.807) is 0 Å². The molecule has 1 aromatic rings. The molecule has 1 rings (SSSR count). The van der Waals surface area contributed by atoms with Crippen molar-refractivity contribution in [2.24, 2.45) is 0 Å². The molecule has 18 heavy (non-hydrogen) atoms. The van der Waals surface area contributed by atoms with Gasteiger partial charge in [0, 0.05) is 5.69 Å². The smallest absolute Gasteiger partial charge is 0.417 e. The molecule has 2 N–H and O–H groups in total. The third-order valence-electron chi connectivity index (χ3n) is 2.20. The van der Waals surface area contributed by atoms with Gasteiger partial charge in [0.15, 0.2) is 0 Å². The summed E-state index contributed by atoms with van der Waals surface area (Å²) in [6.07, 6.45) is -4.66. The number of nitrogens with zero attached hydrogens (tertiary/aromatic N) is 1. The normalized spacial score (nSPS) is 12.6. The van der Waals surface area contributed by atoms with Crippen LogP contribution in [0.15, 0.2) is 18.2 Å². The number of aliphatic carboxylic acids is 1. The average molecular weight is 258 g/mol. The Morgan fingerprint density at radius 1 is 1.50 bits per heavy atom. The highest BCUT2D eigenvalue weighted by molar-refractivity contribution is 5.76. The van der Waals surface area contributed by atoms with E-state index in [0.29, 0.717) is 0 Å². The van der Waals surface area contributed by atoms with Crippen LogP contribution in [0.1, 0.15) is 18.1 Å². The molecule has 0 aliphatic heterocycles. The minimum absolute atomic E-state index is 0.00350. The van der Waals surface area contributed by atoms with Crippen molar-refractivity contribution in [3.63, 3.8) is 0 Å². The molecule has 0 aliphatic carbocycles. The molecule has 96 valence electrons. The number of halogens is 3. The predicted octanol–water partition coefficient (Wildman–Crippen LogP) is 2.46. The van der Waals surface area contributed by atoms with Crippen LogP contribution in [-0.4, -0.2) is 17.1 Å². The Bertz CT molecular complexity index is 506. The Labute approximate surface area is 101 Å². The number of hydrogen-bond donors (Lipinski definition) is 2. The van der Waals surface area contributed by atoms with Crippen LogP contribution < -0.4 is 5.32 Å². The first-order chi connectivity index (χ1) is 8.25. The van der Waals surface area contributed by atoms with E-state index in [1.165, 1.54) is 19.1 Å². The maximum absolute atomic E-state index is 12.6. The number of carbonyl (C=O) groups is 1. The summed E-state index contributed by atoms with van der Waals surface area (Å²) in [6.45, 7) is 1.30. The molecule has 0 aromatic heterocycles. The molecule has 0 saturated heterocycles. The van der Waals surface area contributed by atoms with Crippen LogP contribution in [-0.2, 0) is 11.0 Å². The predicted molar refractivity (Wildman–Crippen MR) is 56.9 cm³/mol. The van der Waals surface area contributed by atoms with E-state index in [1.807, 2.05) is 0 Å². The van der Waals surface area contributed by atoms with Crippen LogP contribution in [0.3, 0.4) is 0 Å². The van der Waals surface area contributed by atoms with E-state index in [-0.39, 0.29) is 5.69 Å². The van der Waals surface area contributed by atoms with E-state index in [2.05, 4.69) is 5.32 Å². The van der Waals surface area contributed by atoms with Crippen molar-refractivity contribution in [3.05, 3.63) is 29.3 Å². The van der Waals surface area contributed by atoms with E-state index < -0.39 is 29.3 Å². The van der Waals surface area contributed by atoms with Gasteiger partial charge in [0.1, 0.15) is 6.04 Å². The summed E-state index contributed by atoms with van der Waals surface area (Å²) in [5, 5.41) is 19.6. The first-order valence-electron chi connectivity index (χ1n) is 4.86. The molecular formula is C11H9F3N2O2. The Kier molecular flexibility index (Phi) is 3.81. The number of rotatable bonds is 3. The summed E-state index contributed by atoms with van der Waals surface area (Å²) in [5.41, 5.74) is -1.60. The van der Waals surface area contributed by atoms with Crippen molar-refractivity contribution < 1.29 is 23.1 Å². The minimum atomic E-state index is -4.66. The van der Waals surface area contributed by atoms with Gasteiger partial charge in [-0.05, 0) is 25.1 Å². The van der Waals surface area contributed by atoms with Crippen molar-refractivity contribution in [1.82, 2.24) is 0 Å². The second-order valence-corrected chi connectivity index (χ2v) is 3.57. The molecule has 0 radical (unpaired) electrons. The standard InChI is InChI=1S/C11H9F3N2O2/c1-6(10(17)18)16-8-3-2-7(5-15)9(4-8)11(12,13)14/h2-4,6,16H,1H3,(H,17,18)/t6-/m1/s1. The quantitative estimate of drug-likeness (QED) is 0.873. The molecule has 0 heterocycles. The monoisotopic (exact) mass is 258 g/mol. The average Bonchev–Trinajstić information content (AvgIpc) is 2.27. The fraction of sp³-hybridized carbons (Fsp3) is 0.273. The molecular weight excluding hydrogens is 249 g/mol. The Morgan fingerprint density at radius 2 is 2.11 bits per heavy atom. The fourth-order valence-corrected chi connectivity index (χ4v) is 1.28.